The number of esters is 1. The van der Waals surface area contributed by atoms with Gasteiger partial charge in [-0.3, -0.25) is 4.79 Å². The van der Waals surface area contributed by atoms with Crippen molar-refractivity contribution >= 4 is 35.2 Å². The van der Waals surface area contributed by atoms with Gasteiger partial charge in [-0.25, -0.2) is 4.79 Å². The second-order valence-electron chi connectivity index (χ2n) is 4.65. The van der Waals surface area contributed by atoms with Gasteiger partial charge in [-0.2, -0.15) is 5.26 Å². The van der Waals surface area contributed by atoms with Crippen LogP contribution in [0.3, 0.4) is 0 Å². The van der Waals surface area contributed by atoms with E-state index in [1.54, 1.807) is 30.3 Å². The van der Waals surface area contributed by atoms with E-state index in [2.05, 4.69) is 5.32 Å². The van der Waals surface area contributed by atoms with Crippen LogP contribution in [-0.4, -0.2) is 25.6 Å². The van der Waals surface area contributed by atoms with Crippen LogP contribution >= 0.6 is 11.6 Å². The Morgan fingerprint density at radius 2 is 2.20 bits per heavy atom. The molecule has 2 rings (SSSR count). The van der Waals surface area contributed by atoms with Crippen LogP contribution in [-0.2, 0) is 14.3 Å². The number of halogens is 1. The molecule has 8 heteroatoms. The fourth-order valence-corrected chi connectivity index (χ4v) is 2.00. The van der Waals surface area contributed by atoms with Crippen LogP contribution in [0.5, 0.6) is 5.75 Å². The van der Waals surface area contributed by atoms with E-state index in [1.807, 2.05) is 0 Å². The van der Waals surface area contributed by atoms with Crippen molar-refractivity contribution in [1.82, 2.24) is 0 Å². The first-order chi connectivity index (χ1) is 12.0. The second-order valence-corrected chi connectivity index (χ2v) is 5.09. The van der Waals surface area contributed by atoms with Crippen LogP contribution in [0.25, 0.3) is 6.08 Å². The maximum atomic E-state index is 11.9. The van der Waals surface area contributed by atoms with Gasteiger partial charge in [-0.15, -0.1) is 0 Å². The Bertz CT molecular complexity index is 837. The number of nitriles is 1. The molecule has 7 nitrogen and oxygen atoms in total. The molecule has 1 heterocycles. The van der Waals surface area contributed by atoms with Crippen molar-refractivity contribution in [3.8, 4) is 11.8 Å². The minimum Gasteiger partial charge on any atom is -0.495 e. The Kier molecular flexibility index (Phi) is 6.20. The molecule has 1 amide bonds. The first-order valence-electron chi connectivity index (χ1n) is 6.99. The number of nitrogens with zero attached hydrogens (tertiary/aromatic N) is 1. The molecule has 2 aromatic rings. The highest BCUT2D eigenvalue weighted by Gasteiger charge is 2.15. The number of anilines is 1. The van der Waals surface area contributed by atoms with E-state index in [9.17, 15) is 9.59 Å². The summed E-state index contributed by atoms with van der Waals surface area (Å²) in [5.74, 6) is -0.822. The second kappa shape index (κ2) is 8.57. The predicted octanol–water partition coefficient (Wildman–Crippen LogP) is 3.03. The Balaban J connectivity index is 1.97. The summed E-state index contributed by atoms with van der Waals surface area (Å²) in [5.41, 5.74) is 0.0470. The summed E-state index contributed by atoms with van der Waals surface area (Å²) >= 11 is 5.87. The molecule has 0 fully saturated rings. The van der Waals surface area contributed by atoms with E-state index >= 15 is 0 Å². The summed E-state index contributed by atoms with van der Waals surface area (Å²) in [4.78, 5) is 23.8. The van der Waals surface area contributed by atoms with Crippen molar-refractivity contribution in [1.29, 1.82) is 5.26 Å². The topological polar surface area (TPSA) is 102 Å². The third-order valence-electron chi connectivity index (χ3n) is 2.94. The van der Waals surface area contributed by atoms with Gasteiger partial charge < -0.3 is 19.2 Å². The largest absolute Gasteiger partial charge is 0.495 e. The molecule has 0 radical (unpaired) electrons. The monoisotopic (exact) mass is 360 g/mol. The van der Waals surface area contributed by atoms with Crippen LogP contribution in [0.2, 0.25) is 5.02 Å². The van der Waals surface area contributed by atoms with Gasteiger partial charge in [-0.05, 0) is 30.3 Å². The van der Waals surface area contributed by atoms with Gasteiger partial charge in [0.05, 0.1) is 19.1 Å². The lowest BCUT2D eigenvalue weighted by Gasteiger charge is -2.10. The van der Waals surface area contributed by atoms with Crippen molar-refractivity contribution in [2.24, 2.45) is 0 Å². The van der Waals surface area contributed by atoms with Crippen LogP contribution in [0.1, 0.15) is 5.76 Å². The molecule has 0 aliphatic rings. The lowest BCUT2D eigenvalue weighted by Crippen LogP contribution is -2.21. The Morgan fingerprint density at radius 3 is 2.84 bits per heavy atom. The number of nitrogens with one attached hydrogen (secondary N) is 1. The summed E-state index contributed by atoms with van der Waals surface area (Å²) in [6.45, 7) is -0.578. The molecule has 1 N–H and O–H groups in total. The molecular formula is C17H13ClN2O5. The zero-order chi connectivity index (χ0) is 18.2. The van der Waals surface area contributed by atoms with Crippen molar-refractivity contribution in [3.63, 3.8) is 0 Å². The Hall–Kier alpha value is -3.24. The van der Waals surface area contributed by atoms with Crippen molar-refractivity contribution in [2.75, 3.05) is 19.0 Å². The predicted molar refractivity (Wildman–Crippen MR) is 89.9 cm³/mol. The molecular weight excluding hydrogens is 348 g/mol. The van der Waals surface area contributed by atoms with Gasteiger partial charge in [0.15, 0.2) is 6.61 Å². The summed E-state index contributed by atoms with van der Waals surface area (Å²) < 4.78 is 14.9. The fourth-order valence-electron chi connectivity index (χ4n) is 1.83. The standard InChI is InChI=1S/C17H13ClN2O5/c1-23-15-5-4-12(18)8-14(15)20-16(21)10-25-17(22)11(9-19)7-13-3-2-6-24-13/h2-8H,10H2,1H3,(H,20,21)/b11-7+. The van der Waals surface area contributed by atoms with Gasteiger partial charge >= 0.3 is 5.97 Å². The molecule has 0 saturated carbocycles. The number of benzene rings is 1. The van der Waals surface area contributed by atoms with E-state index in [0.29, 0.717) is 22.2 Å². The van der Waals surface area contributed by atoms with Crippen molar-refractivity contribution < 1.29 is 23.5 Å². The number of hydrogen-bond donors (Lipinski definition) is 1. The highest BCUT2D eigenvalue weighted by atomic mass is 35.5. The summed E-state index contributed by atoms with van der Waals surface area (Å²) in [7, 11) is 1.44. The molecule has 128 valence electrons. The molecule has 0 saturated heterocycles. The zero-order valence-corrected chi connectivity index (χ0v) is 13.9. The van der Waals surface area contributed by atoms with E-state index in [-0.39, 0.29) is 5.57 Å². The minimum absolute atomic E-state index is 0.289. The summed E-state index contributed by atoms with van der Waals surface area (Å²) in [6.07, 6.45) is 2.62. The first-order valence-corrected chi connectivity index (χ1v) is 7.37. The lowest BCUT2D eigenvalue weighted by atomic mass is 10.2. The Labute approximate surface area is 148 Å². The average molecular weight is 361 g/mol. The number of ether oxygens (including phenoxy) is 2. The normalized spacial score (nSPS) is 10.7. The molecule has 0 aliphatic carbocycles. The fraction of sp³-hybridized carbons (Fsp3) is 0.118. The summed E-state index contributed by atoms with van der Waals surface area (Å²) in [5, 5.41) is 11.9. The van der Waals surface area contributed by atoms with Crippen LogP contribution in [0.4, 0.5) is 5.69 Å². The number of carbonyl (C=O) groups is 2. The first kappa shape index (κ1) is 18.1. The van der Waals surface area contributed by atoms with Gasteiger partial charge in [0.25, 0.3) is 5.91 Å². The number of amides is 1. The molecule has 0 spiro atoms. The quantitative estimate of drug-likeness (QED) is 0.482. The van der Waals surface area contributed by atoms with Crippen LogP contribution in [0.15, 0.2) is 46.6 Å². The van der Waals surface area contributed by atoms with Crippen LogP contribution < -0.4 is 10.1 Å². The minimum atomic E-state index is -0.938. The Morgan fingerprint density at radius 1 is 1.40 bits per heavy atom. The van der Waals surface area contributed by atoms with Gasteiger partial charge in [-0.1, -0.05) is 11.6 Å². The highest BCUT2D eigenvalue weighted by molar-refractivity contribution is 6.31. The summed E-state index contributed by atoms with van der Waals surface area (Å²) in [6, 6.07) is 9.57. The van der Waals surface area contributed by atoms with Gasteiger partial charge in [0.1, 0.15) is 23.2 Å². The number of furan rings is 1. The number of hydrogen-bond acceptors (Lipinski definition) is 6. The van der Waals surface area contributed by atoms with Crippen molar-refractivity contribution in [2.45, 2.75) is 0 Å². The van der Waals surface area contributed by atoms with E-state index in [1.165, 1.54) is 25.5 Å². The average Bonchev–Trinajstić information content (AvgIpc) is 3.11. The SMILES string of the molecule is COc1ccc(Cl)cc1NC(=O)COC(=O)/C(C#N)=C/c1ccco1. The molecule has 1 aromatic heterocycles. The molecule has 1 aromatic carbocycles. The maximum Gasteiger partial charge on any atom is 0.349 e. The molecule has 0 atom stereocenters. The highest BCUT2D eigenvalue weighted by Crippen LogP contribution is 2.27. The number of carbonyl (C=O) groups excluding carboxylic acids is 2. The van der Waals surface area contributed by atoms with Gasteiger partial charge in [0.2, 0.25) is 0 Å². The maximum absolute atomic E-state index is 11.9. The molecule has 0 bridgehead atoms. The van der Waals surface area contributed by atoms with Crippen molar-refractivity contribution in [3.05, 3.63) is 53.0 Å². The number of rotatable bonds is 6. The zero-order valence-electron chi connectivity index (χ0n) is 13.1. The van der Waals surface area contributed by atoms with E-state index < -0.39 is 18.5 Å². The lowest BCUT2D eigenvalue weighted by molar-refractivity contribution is -0.142. The molecule has 25 heavy (non-hydrogen) atoms. The smallest absolute Gasteiger partial charge is 0.349 e. The third-order valence-corrected chi connectivity index (χ3v) is 3.18. The number of methoxy groups -OCH3 is 1. The van der Waals surface area contributed by atoms with Gasteiger partial charge in [0, 0.05) is 11.1 Å². The molecule has 0 aliphatic heterocycles. The van der Waals surface area contributed by atoms with E-state index in [0.717, 1.165) is 0 Å². The van der Waals surface area contributed by atoms with Crippen LogP contribution in [0, 0.1) is 11.3 Å². The third kappa shape index (κ3) is 5.12. The molecule has 0 unspecified atom stereocenters. The van der Waals surface area contributed by atoms with E-state index in [4.69, 9.17) is 30.8 Å².